The molecule has 0 saturated heterocycles. The zero-order chi connectivity index (χ0) is 20.9. The number of aromatic nitrogens is 3. The molecule has 1 aliphatic carbocycles. The third kappa shape index (κ3) is 2.89. The highest BCUT2D eigenvalue weighted by Gasteiger charge is 2.38. The highest BCUT2D eigenvalue weighted by Crippen LogP contribution is 2.39. The number of hydrogen-bond donors (Lipinski definition) is 1. The van der Waals surface area contributed by atoms with E-state index in [2.05, 4.69) is 28.3 Å². The number of aromatic amines is 1. The summed E-state index contributed by atoms with van der Waals surface area (Å²) in [5.74, 6) is 0.320. The van der Waals surface area contributed by atoms with Gasteiger partial charge in [-0.25, -0.2) is 0 Å². The Morgan fingerprint density at radius 1 is 1.06 bits per heavy atom. The van der Waals surface area contributed by atoms with Crippen LogP contribution in [0, 0.1) is 6.92 Å². The Kier molecular flexibility index (Phi) is 4.19. The highest BCUT2D eigenvalue weighted by molar-refractivity contribution is 5.94. The third-order valence-corrected chi connectivity index (χ3v) is 6.64. The Balaban J connectivity index is 1.50. The van der Waals surface area contributed by atoms with Crippen LogP contribution in [-0.4, -0.2) is 32.5 Å². The van der Waals surface area contributed by atoms with E-state index in [0.29, 0.717) is 12.3 Å². The summed E-state index contributed by atoms with van der Waals surface area (Å²) in [4.78, 5) is 24.1. The molecule has 6 nitrogen and oxygen atoms in total. The molecule has 1 aliphatic heterocycles. The number of amides is 1. The van der Waals surface area contributed by atoms with Crippen LogP contribution in [0.25, 0.3) is 10.9 Å². The molecule has 1 atom stereocenters. The molecule has 156 valence electrons. The van der Waals surface area contributed by atoms with Crippen LogP contribution >= 0.6 is 0 Å². The quantitative estimate of drug-likeness (QED) is 0.525. The van der Waals surface area contributed by atoms with Crippen LogP contribution in [0.2, 0.25) is 0 Å². The molecule has 1 aromatic carbocycles. The van der Waals surface area contributed by atoms with Gasteiger partial charge in [-0.2, -0.15) is 0 Å². The first-order valence-electron chi connectivity index (χ1n) is 11.0. The number of para-hydroxylation sites is 1. The van der Waals surface area contributed by atoms with Gasteiger partial charge in [0.15, 0.2) is 0 Å². The maximum Gasteiger partial charge on any atom is 0.293 e. The van der Waals surface area contributed by atoms with E-state index in [-0.39, 0.29) is 11.9 Å². The zero-order valence-electron chi connectivity index (χ0n) is 17.5. The van der Waals surface area contributed by atoms with Gasteiger partial charge in [0.1, 0.15) is 6.04 Å². The minimum absolute atomic E-state index is 0.0896. The molecule has 4 heterocycles. The molecule has 0 unspecified atom stereocenters. The van der Waals surface area contributed by atoms with Crippen LogP contribution in [0.1, 0.15) is 63.3 Å². The van der Waals surface area contributed by atoms with Gasteiger partial charge in [-0.1, -0.05) is 29.4 Å². The number of pyridine rings is 1. The predicted octanol–water partition coefficient (Wildman–Crippen LogP) is 4.53. The number of nitrogens with zero attached hydrogens (tertiary/aromatic N) is 3. The number of fused-ring (bicyclic) bond motifs is 4. The van der Waals surface area contributed by atoms with E-state index < -0.39 is 0 Å². The van der Waals surface area contributed by atoms with E-state index in [9.17, 15) is 4.79 Å². The van der Waals surface area contributed by atoms with E-state index in [4.69, 9.17) is 9.51 Å². The molecule has 0 spiro atoms. The molecule has 31 heavy (non-hydrogen) atoms. The molecule has 4 aromatic rings. The topological polar surface area (TPSA) is 75.0 Å². The summed E-state index contributed by atoms with van der Waals surface area (Å²) in [6, 6.07) is 14.1. The van der Waals surface area contributed by atoms with Gasteiger partial charge in [-0.05, 0) is 62.8 Å². The normalized spacial score (nSPS) is 18.1. The average molecular weight is 412 g/mol. The molecule has 2 aliphatic rings. The van der Waals surface area contributed by atoms with Crippen molar-refractivity contribution in [1.29, 1.82) is 0 Å². The van der Waals surface area contributed by atoms with E-state index in [1.165, 1.54) is 10.9 Å². The Morgan fingerprint density at radius 2 is 1.94 bits per heavy atom. The SMILES string of the molecule is Cc1cccc([C@H]2c3[nH]c4ccccc4c3CCN2C(=O)c2onc3c2CCCC3)n1. The first-order chi connectivity index (χ1) is 15.2. The molecule has 6 heteroatoms. The van der Waals surface area contributed by atoms with Crippen LogP contribution in [0.15, 0.2) is 47.0 Å². The summed E-state index contributed by atoms with van der Waals surface area (Å²) in [6.45, 7) is 2.60. The van der Waals surface area contributed by atoms with E-state index >= 15 is 0 Å². The second-order valence-electron chi connectivity index (χ2n) is 8.56. The smallest absolute Gasteiger partial charge is 0.293 e. The van der Waals surface area contributed by atoms with Crippen molar-refractivity contribution in [3.8, 4) is 0 Å². The van der Waals surface area contributed by atoms with Crippen LogP contribution < -0.4 is 0 Å². The van der Waals surface area contributed by atoms with Gasteiger partial charge >= 0.3 is 0 Å². The summed E-state index contributed by atoms with van der Waals surface area (Å²) in [5.41, 5.74) is 7.16. The molecule has 3 aromatic heterocycles. The molecule has 0 bridgehead atoms. The lowest BCUT2D eigenvalue weighted by Gasteiger charge is -2.35. The number of carbonyl (C=O) groups is 1. The number of carbonyl (C=O) groups excluding carboxylic acids is 1. The zero-order valence-corrected chi connectivity index (χ0v) is 17.5. The molecular weight excluding hydrogens is 388 g/mol. The lowest BCUT2D eigenvalue weighted by atomic mass is 9.92. The first kappa shape index (κ1) is 18.4. The summed E-state index contributed by atoms with van der Waals surface area (Å²) < 4.78 is 5.62. The Labute approximate surface area is 180 Å². The minimum Gasteiger partial charge on any atom is -0.356 e. The number of aryl methyl sites for hydroxylation is 2. The molecule has 0 saturated carbocycles. The standard InChI is InChI=1S/C25H24N4O2/c1-15-7-6-12-21(26-15)23-22-17(16-8-2-4-10-19(16)27-22)13-14-29(23)25(30)24-18-9-3-5-11-20(18)28-31-24/h2,4,6-8,10,12,23,27H,3,5,9,11,13-14H2,1H3/t23-/m0/s1. The monoisotopic (exact) mass is 412 g/mol. The van der Waals surface area contributed by atoms with Crippen molar-refractivity contribution in [3.05, 3.63) is 82.1 Å². The number of H-pyrrole nitrogens is 1. The molecule has 0 radical (unpaired) electrons. The fourth-order valence-electron chi connectivity index (χ4n) is 5.17. The van der Waals surface area contributed by atoms with Gasteiger partial charge in [0.2, 0.25) is 5.76 Å². The fraction of sp³-hybridized carbons (Fsp3) is 0.320. The number of nitrogens with one attached hydrogen (secondary N) is 1. The van der Waals surface area contributed by atoms with Crippen molar-refractivity contribution in [2.24, 2.45) is 0 Å². The largest absolute Gasteiger partial charge is 0.356 e. The van der Waals surface area contributed by atoms with Crippen LogP contribution in [-0.2, 0) is 19.3 Å². The average Bonchev–Trinajstić information content (AvgIpc) is 3.39. The number of rotatable bonds is 2. The van der Waals surface area contributed by atoms with E-state index in [1.807, 2.05) is 36.1 Å². The second-order valence-corrected chi connectivity index (χ2v) is 8.56. The Morgan fingerprint density at radius 3 is 2.84 bits per heavy atom. The summed E-state index contributed by atoms with van der Waals surface area (Å²) in [5, 5.41) is 5.44. The van der Waals surface area contributed by atoms with Gasteiger partial charge in [-0.15, -0.1) is 0 Å². The lowest BCUT2D eigenvalue weighted by Crippen LogP contribution is -2.41. The van der Waals surface area contributed by atoms with Crippen LogP contribution in [0.3, 0.4) is 0 Å². The minimum atomic E-state index is -0.284. The fourth-order valence-corrected chi connectivity index (χ4v) is 5.17. The van der Waals surface area contributed by atoms with Crippen molar-refractivity contribution in [3.63, 3.8) is 0 Å². The van der Waals surface area contributed by atoms with Crippen LogP contribution in [0.5, 0.6) is 0 Å². The molecular formula is C25H24N4O2. The van der Waals surface area contributed by atoms with Gasteiger partial charge in [0.25, 0.3) is 5.91 Å². The maximum atomic E-state index is 13.8. The van der Waals surface area contributed by atoms with Gasteiger partial charge in [0.05, 0.1) is 11.4 Å². The third-order valence-electron chi connectivity index (χ3n) is 6.64. The van der Waals surface area contributed by atoms with Crippen molar-refractivity contribution in [2.45, 2.75) is 45.1 Å². The predicted molar refractivity (Wildman–Crippen MR) is 117 cm³/mol. The molecule has 6 rings (SSSR count). The van der Waals surface area contributed by atoms with Crippen LogP contribution in [0.4, 0.5) is 0 Å². The van der Waals surface area contributed by atoms with Crippen molar-refractivity contribution < 1.29 is 9.32 Å². The summed E-state index contributed by atoms with van der Waals surface area (Å²) in [7, 11) is 0. The van der Waals surface area contributed by atoms with Gasteiger partial charge in [-0.3, -0.25) is 9.78 Å². The van der Waals surface area contributed by atoms with Crippen molar-refractivity contribution in [1.82, 2.24) is 20.0 Å². The van der Waals surface area contributed by atoms with Gasteiger partial charge in [0, 0.05) is 34.4 Å². The highest BCUT2D eigenvalue weighted by atomic mass is 16.5. The maximum absolute atomic E-state index is 13.8. The number of benzene rings is 1. The van der Waals surface area contributed by atoms with Crippen molar-refractivity contribution >= 4 is 16.8 Å². The molecule has 0 fully saturated rings. The first-order valence-corrected chi connectivity index (χ1v) is 11.0. The Hall–Kier alpha value is -3.41. The molecule has 1 N–H and O–H groups in total. The number of hydrogen-bond acceptors (Lipinski definition) is 4. The van der Waals surface area contributed by atoms with E-state index in [0.717, 1.165) is 66.0 Å². The van der Waals surface area contributed by atoms with Gasteiger partial charge < -0.3 is 14.4 Å². The molecule has 1 amide bonds. The summed E-state index contributed by atoms with van der Waals surface area (Å²) in [6.07, 6.45) is 4.72. The lowest BCUT2D eigenvalue weighted by molar-refractivity contribution is 0.0644. The van der Waals surface area contributed by atoms with E-state index in [1.54, 1.807) is 0 Å². The summed E-state index contributed by atoms with van der Waals surface area (Å²) >= 11 is 0. The second kappa shape index (κ2) is 7.08. The van der Waals surface area contributed by atoms with Crippen molar-refractivity contribution in [2.75, 3.05) is 6.54 Å². The Bertz CT molecular complexity index is 1300.